The third-order valence-electron chi connectivity index (χ3n) is 3.86. The van der Waals surface area contributed by atoms with Crippen LogP contribution in [0.2, 0.25) is 0 Å². The molecule has 4 aliphatic rings. The van der Waals surface area contributed by atoms with Crippen molar-refractivity contribution in [2.75, 3.05) is 32.8 Å². The largest absolute Gasteiger partial charge is 0.288 e. The van der Waals surface area contributed by atoms with Crippen LogP contribution in [0.5, 0.6) is 0 Å². The first-order valence-electron chi connectivity index (χ1n) is 6.45. The molecule has 0 aromatic carbocycles. The van der Waals surface area contributed by atoms with Crippen molar-refractivity contribution in [1.82, 2.24) is 9.80 Å². The standard InChI is InChI=1S/C13H23N3/c1-12(2,3)7-14-13-4-11-5-15(8-13)10-16(6-11)9-13/h7,11H,4-6,8-10H2,1-3H3/b14-7+. The number of hydrogen-bond acceptors (Lipinski definition) is 3. The lowest BCUT2D eigenvalue weighted by atomic mass is 9.77. The van der Waals surface area contributed by atoms with E-state index in [4.69, 9.17) is 4.99 Å². The molecule has 2 atom stereocenters. The Labute approximate surface area is 98.5 Å². The van der Waals surface area contributed by atoms with E-state index in [1.54, 1.807) is 0 Å². The summed E-state index contributed by atoms with van der Waals surface area (Å²) in [5, 5.41) is 0. The summed E-state index contributed by atoms with van der Waals surface area (Å²) in [6.07, 6.45) is 3.50. The van der Waals surface area contributed by atoms with Crippen molar-refractivity contribution in [2.24, 2.45) is 16.3 Å². The highest BCUT2D eigenvalue weighted by molar-refractivity contribution is 5.64. The Morgan fingerprint density at radius 3 is 2.31 bits per heavy atom. The van der Waals surface area contributed by atoms with E-state index >= 15 is 0 Å². The van der Waals surface area contributed by atoms with Crippen molar-refractivity contribution in [1.29, 1.82) is 0 Å². The Balaban J connectivity index is 1.81. The average molecular weight is 221 g/mol. The maximum Gasteiger partial charge on any atom is 0.0861 e. The predicted octanol–water partition coefficient (Wildman–Crippen LogP) is 1.45. The van der Waals surface area contributed by atoms with E-state index in [0.717, 1.165) is 5.92 Å². The lowest BCUT2D eigenvalue weighted by Gasteiger charge is -2.57. The maximum absolute atomic E-state index is 4.98. The zero-order valence-corrected chi connectivity index (χ0v) is 10.7. The summed E-state index contributed by atoms with van der Waals surface area (Å²) in [6, 6.07) is 0. The monoisotopic (exact) mass is 221 g/mol. The molecule has 2 unspecified atom stereocenters. The Morgan fingerprint density at radius 1 is 1.19 bits per heavy atom. The second-order valence-corrected chi connectivity index (χ2v) is 7.08. The Hall–Kier alpha value is -0.410. The quantitative estimate of drug-likeness (QED) is 0.624. The van der Waals surface area contributed by atoms with E-state index in [0.29, 0.717) is 0 Å². The van der Waals surface area contributed by atoms with E-state index in [1.807, 2.05) is 0 Å². The Kier molecular flexibility index (Phi) is 2.21. The van der Waals surface area contributed by atoms with Crippen molar-refractivity contribution in [3.05, 3.63) is 0 Å². The van der Waals surface area contributed by atoms with Gasteiger partial charge in [0.15, 0.2) is 0 Å². The minimum atomic E-state index is 0.216. The molecule has 4 aliphatic heterocycles. The van der Waals surface area contributed by atoms with Crippen molar-refractivity contribution >= 4 is 6.21 Å². The fourth-order valence-corrected chi connectivity index (χ4v) is 3.56. The summed E-state index contributed by atoms with van der Waals surface area (Å²) in [6.45, 7) is 12.9. The molecule has 0 spiro atoms. The summed E-state index contributed by atoms with van der Waals surface area (Å²) >= 11 is 0. The smallest absolute Gasteiger partial charge is 0.0861 e. The molecule has 0 aromatic rings. The van der Waals surface area contributed by atoms with Crippen LogP contribution in [0.3, 0.4) is 0 Å². The molecular weight excluding hydrogens is 198 g/mol. The fourth-order valence-electron chi connectivity index (χ4n) is 3.56. The molecular formula is C13H23N3. The molecule has 0 N–H and O–H groups in total. The van der Waals surface area contributed by atoms with Crippen LogP contribution in [-0.4, -0.2) is 54.4 Å². The molecule has 0 radical (unpaired) electrons. The van der Waals surface area contributed by atoms with E-state index in [9.17, 15) is 0 Å². The van der Waals surface area contributed by atoms with Gasteiger partial charge < -0.3 is 0 Å². The normalized spacial score (nSPS) is 46.8. The van der Waals surface area contributed by atoms with E-state index in [1.165, 1.54) is 39.3 Å². The number of nitrogens with zero attached hydrogens (tertiary/aromatic N) is 3. The van der Waals surface area contributed by atoms with Gasteiger partial charge in [-0.05, 0) is 17.8 Å². The van der Waals surface area contributed by atoms with Crippen LogP contribution in [0.15, 0.2) is 4.99 Å². The van der Waals surface area contributed by atoms with Gasteiger partial charge in [-0.3, -0.25) is 14.8 Å². The summed E-state index contributed by atoms with van der Waals surface area (Å²) in [4.78, 5) is 10.1. The topological polar surface area (TPSA) is 18.8 Å². The van der Waals surface area contributed by atoms with Crippen molar-refractivity contribution < 1.29 is 0 Å². The molecule has 4 heterocycles. The zero-order valence-electron chi connectivity index (χ0n) is 10.7. The molecule has 4 bridgehead atoms. The first-order chi connectivity index (χ1) is 7.44. The molecule has 3 nitrogen and oxygen atoms in total. The number of rotatable bonds is 1. The van der Waals surface area contributed by atoms with Crippen LogP contribution in [0.25, 0.3) is 0 Å². The second kappa shape index (κ2) is 3.30. The van der Waals surface area contributed by atoms with Crippen LogP contribution in [0.1, 0.15) is 27.2 Å². The minimum Gasteiger partial charge on any atom is -0.288 e. The van der Waals surface area contributed by atoms with Gasteiger partial charge in [0.1, 0.15) is 0 Å². The van der Waals surface area contributed by atoms with E-state index < -0.39 is 0 Å². The molecule has 16 heavy (non-hydrogen) atoms. The Bertz CT molecular complexity index is 278. The number of piperidine rings is 2. The van der Waals surface area contributed by atoms with Crippen LogP contribution >= 0.6 is 0 Å². The summed E-state index contributed by atoms with van der Waals surface area (Å²) in [5.74, 6) is 0.869. The first kappa shape index (κ1) is 10.7. The van der Waals surface area contributed by atoms with Gasteiger partial charge in [-0.2, -0.15) is 0 Å². The van der Waals surface area contributed by atoms with Gasteiger partial charge in [0.25, 0.3) is 0 Å². The third kappa shape index (κ3) is 1.91. The lowest BCUT2D eigenvalue weighted by molar-refractivity contribution is -0.0808. The summed E-state index contributed by atoms with van der Waals surface area (Å²) in [5.41, 5.74) is 0.445. The van der Waals surface area contributed by atoms with E-state index in [-0.39, 0.29) is 11.0 Å². The van der Waals surface area contributed by atoms with Crippen LogP contribution in [0, 0.1) is 11.3 Å². The third-order valence-corrected chi connectivity index (χ3v) is 3.86. The van der Waals surface area contributed by atoms with Crippen molar-refractivity contribution in [2.45, 2.75) is 32.7 Å². The highest BCUT2D eigenvalue weighted by Gasteiger charge is 2.49. The van der Waals surface area contributed by atoms with Crippen molar-refractivity contribution in [3.63, 3.8) is 0 Å². The molecule has 4 saturated heterocycles. The zero-order chi connectivity index (χ0) is 11.4. The molecule has 0 aliphatic carbocycles. The molecule has 4 fully saturated rings. The lowest BCUT2D eigenvalue weighted by Crippen LogP contribution is -2.69. The van der Waals surface area contributed by atoms with Gasteiger partial charge in [-0.1, -0.05) is 20.8 Å². The fraction of sp³-hybridized carbons (Fsp3) is 0.923. The Morgan fingerprint density at radius 2 is 1.81 bits per heavy atom. The highest BCUT2D eigenvalue weighted by Crippen LogP contribution is 2.39. The SMILES string of the molecule is CC(C)(C)/C=N/C12CC3CN(CN(C3)C1)C2. The molecule has 0 saturated carbocycles. The highest BCUT2D eigenvalue weighted by atomic mass is 15.4. The molecule has 0 aromatic heterocycles. The predicted molar refractivity (Wildman–Crippen MR) is 66.8 cm³/mol. The summed E-state index contributed by atoms with van der Waals surface area (Å²) in [7, 11) is 0. The van der Waals surface area contributed by atoms with Gasteiger partial charge in [0, 0.05) is 32.4 Å². The minimum absolute atomic E-state index is 0.216. The van der Waals surface area contributed by atoms with Gasteiger partial charge in [-0.15, -0.1) is 0 Å². The molecule has 4 rings (SSSR count). The maximum atomic E-state index is 4.98. The average Bonchev–Trinajstić information content (AvgIpc) is 2.11. The second-order valence-electron chi connectivity index (χ2n) is 7.08. The van der Waals surface area contributed by atoms with Crippen molar-refractivity contribution in [3.8, 4) is 0 Å². The van der Waals surface area contributed by atoms with Crippen LogP contribution in [-0.2, 0) is 0 Å². The molecule has 3 heteroatoms. The van der Waals surface area contributed by atoms with Gasteiger partial charge in [0.05, 0.1) is 12.2 Å². The number of aliphatic imine (C=N–C) groups is 1. The summed E-state index contributed by atoms with van der Waals surface area (Å²) < 4.78 is 0. The first-order valence-corrected chi connectivity index (χ1v) is 6.45. The van der Waals surface area contributed by atoms with Gasteiger partial charge >= 0.3 is 0 Å². The van der Waals surface area contributed by atoms with Crippen LogP contribution < -0.4 is 0 Å². The van der Waals surface area contributed by atoms with Gasteiger partial charge in [-0.25, -0.2) is 0 Å². The molecule has 90 valence electrons. The van der Waals surface area contributed by atoms with Gasteiger partial charge in [0.2, 0.25) is 0 Å². The number of hydrogen-bond donors (Lipinski definition) is 0. The molecule has 0 amide bonds. The van der Waals surface area contributed by atoms with E-state index in [2.05, 4.69) is 36.8 Å². The van der Waals surface area contributed by atoms with Crippen LogP contribution in [0.4, 0.5) is 0 Å².